The molecule has 2 N–H and O–H groups in total. The predicted molar refractivity (Wildman–Crippen MR) is 90.2 cm³/mol. The van der Waals surface area contributed by atoms with E-state index in [1.54, 1.807) is 0 Å². The summed E-state index contributed by atoms with van der Waals surface area (Å²) in [7, 11) is 0. The molecule has 0 bridgehead atoms. The Labute approximate surface area is 152 Å². The van der Waals surface area contributed by atoms with E-state index in [4.69, 9.17) is 16.3 Å². The van der Waals surface area contributed by atoms with Crippen LogP contribution in [0.25, 0.3) is 0 Å². The summed E-state index contributed by atoms with van der Waals surface area (Å²) >= 11 is 5.68. The number of rotatable bonds is 5. The lowest BCUT2D eigenvalue weighted by Crippen LogP contribution is -2.47. The van der Waals surface area contributed by atoms with Gasteiger partial charge in [-0.15, -0.1) is 0 Å². The molecule has 0 saturated carbocycles. The molecule has 26 heavy (non-hydrogen) atoms. The molecule has 0 aromatic heterocycles. The van der Waals surface area contributed by atoms with Gasteiger partial charge in [-0.1, -0.05) is 11.6 Å². The number of amides is 2. The average molecular weight is 382 g/mol. The Kier molecular flexibility index (Phi) is 6.07. The van der Waals surface area contributed by atoms with Crippen molar-refractivity contribution in [1.82, 2.24) is 10.9 Å². The molecule has 2 amide bonds. The molecule has 0 radical (unpaired) electrons. The van der Waals surface area contributed by atoms with E-state index in [1.807, 2.05) is 0 Å². The Bertz CT molecular complexity index is 844. The van der Waals surface area contributed by atoms with Crippen molar-refractivity contribution in [3.63, 3.8) is 0 Å². The summed E-state index contributed by atoms with van der Waals surface area (Å²) in [6.45, 7) is 1.41. The van der Waals surface area contributed by atoms with Gasteiger partial charge in [0.15, 0.2) is 6.10 Å². The van der Waals surface area contributed by atoms with Crippen molar-refractivity contribution in [2.24, 2.45) is 0 Å². The van der Waals surface area contributed by atoms with E-state index in [2.05, 4.69) is 10.9 Å². The summed E-state index contributed by atoms with van der Waals surface area (Å²) < 4.78 is 18.1. The van der Waals surface area contributed by atoms with Crippen LogP contribution in [0.5, 0.6) is 5.75 Å². The molecule has 0 saturated heterocycles. The molecule has 0 spiro atoms. The van der Waals surface area contributed by atoms with Gasteiger partial charge in [0.1, 0.15) is 17.1 Å². The number of nitro groups is 1. The zero-order valence-corrected chi connectivity index (χ0v) is 14.1. The molecular formula is C16H13ClFN3O5. The summed E-state index contributed by atoms with van der Waals surface area (Å²) in [5, 5.41) is 11.1. The predicted octanol–water partition coefficient (Wildman–Crippen LogP) is 2.62. The fourth-order valence-corrected chi connectivity index (χ4v) is 2.07. The first-order chi connectivity index (χ1) is 12.3. The van der Waals surface area contributed by atoms with Crippen molar-refractivity contribution in [3.05, 3.63) is 69.0 Å². The minimum atomic E-state index is -1.01. The molecule has 0 heterocycles. The maximum Gasteiger partial charge on any atom is 0.283 e. The highest BCUT2D eigenvalue weighted by Gasteiger charge is 2.22. The van der Waals surface area contributed by atoms with Crippen LogP contribution in [0.1, 0.15) is 17.3 Å². The summed E-state index contributed by atoms with van der Waals surface area (Å²) in [6, 6.07) is 8.52. The first-order valence-electron chi connectivity index (χ1n) is 7.24. The third kappa shape index (κ3) is 4.90. The molecule has 0 unspecified atom stereocenters. The number of benzene rings is 2. The Morgan fingerprint density at radius 3 is 2.46 bits per heavy atom. The molecule has 2 aromatic rings. The number of nitro benzene ring substituents is 1. The lowest BCUT2D eigenvalue weighted by atomic mass is 10.2. The van der Waals surface area contributed by atoms with Crippen LogP contribution >= 0.6 is 11.6 Å². The molecule has 8 nitrogen and oxygen atoms in total. The minimum absolute atomic E-state index is 0.0959. The lowest BCUT2D eigenvalue weighted by Gasteiger charge is -2.15. The minimum Gasteiger partial charge on any atom is -0.481 e. The maximum atomic E-state index is 12.8. The second kappa shape index (κ2) is 8.26. The van der Waals surface area contributed by atoms with Gasteiger partial charge in [0.05, 0.1) is 4.92 Å². The van der Waals surface area contributed by atoms with Crippen molar-refractivity contribution in [3.8, 4) is 5.75 Å². The highest BCUT2D eigenvalue weighted by Crippen LogP contribution is 2.23. The van der Waals surface area contributed by atoms with E-state index >= 15 is 0 Å². The molecule has 0 aliphatic heterocycles. The molecule has 136 valence electrons. The van der Waals surface area contributed by atoms with Crippen LogP contribution in [0.2, 0.25) is 5.02 Å². The molecular weight excluding hydrogens is 369 g/mol. The van der Waals surface area contributed by atoms with Gasteiger partial charge in [0.2, 0.25) is 0 Å². The second-order valence-electron chi connectivity index (χ2n) is 5.08. The number of hydrogen-bond donors (Lipinski definition) is 2. The van der Waals surface area contributed by atoms with E-state index in [0.717, 1.165) is 6.07 Å². The van der Waals surface area contributed by atoms with Crippen molar-refractivity contribution in [2.45, 2.75) is 13.0 Å². The Morgan fingerprint density at radius 2 is 1.85 bits per heavy atom. The number of hydrogen-bond acceptors (Lipinski definition) is 5. The topological polar surface area (TPSA) is 111 Å². The number of nitrogens with one attached hydrogen (secondary N) is 2. The van der Waals surface area contributed by atoms with Crippen LogP contribution in [0.3, 0.4) is 0 Å². The van der Waals surface area contributed by atoms with Crippen LogP contribution in [0, 0.1) is 15.9 Å². The monoisotopic (exact) mass is 381 g/mol. The van der Waals surface area contributed by atoms with Gasteiger partial charge in [-0.3, -0.25) is 30.6 Å². The number of carbonyl (C=O) groups excluding carboxylic acids is 2. The van der Waals surface area contributed by atoms with E-state index in [1.165, 1.54) is 43.3 Å². The lowest BCUT2D eigenvalue weighted by molar-refractivity contribution is -0.385. The highest BCUT2D eigenvalue weighted by molar-refractivity contribution is 6.31. The van der Waals surface area contributed by atoms with Crippen molar-refractivity contribution in [2.75, 3.05) is 0 Å². The smallest absolute Gasteiger partial charge is 0.283 e. The first kappa shape index (κ1) is 19.1. The average Bonchev–Trinajstić information content (AvgIpc) is 2.61. The SMILES string of the molecule is C[C@H](Oc1ccc(F)cc1)C(=O)NNC(=O)c1ccc(Cl)cc1[N+](=O)[O-]. The third-order valence-corrected chi connectivity index (χ3v) is 3.43. The van der Waals surface area contributed by atoms with Gasteiger partial charge >= 0.3 is 0 Å². The van der Waals surface area contributed by atoms with Crippen LogP contribution in [0.4, 0.5) is 10.1 Å². The van der Waals surface area contributed by atoms with E-state index < -0.39 is 34.3 Å². The highest BCUT2D eigenvalue weighted by atomic mass is 35.5. The summed E-state index contributed by atoms with van der Waals surface area (Å²) in [5.41, 5.74) is 3.39. The van der Waals surface area contributed by atoms with Crippen LogP contribution in [-0.2, 0) is 4.79 Å². The molecule has 2 aromatic carbocycles. The fourth-order valence-electron chi connectivity index (χ4n) is 1.91. The number of nitrogens with zero attached hydrogens (tertiary/aromatic N) is 1. The standard InChI is InChI=1S/C16H13ClFN3O5/c1-9(26-12-5-3-11(18)4-6-12)15(22)19-20-16(23)13-7-2-10(17)8-14(13)21(24)25/h2-9H,1H3,(H,19,22)(H,20,23)/t9-/m0/s1. The molecule has 0 aliphatic rings. The van der Waals surface area contributed by atoms with Crippen LogP contribution < -0.4 is 15.6 Å². The first-order valence-corrected chi connectivity index (χ1v) is 7.62. The van der Waals surface area contributed by atoms with Gasteiger partial charge in [-0.25, -0.2) is 4.39 Å². The van der Waals surface area contributed by atoms with Gasteiger partial charge in [0, 0.05) is 11.1 Å². The van der Waals surface area contributed by atoms with Gasteiger partial charge in [0.25, 0.3) is 17.5 Å². The molecule has 0 aliphatic carbocycles. The van der Waals surface area contributed by atoms with Gasteiger partial charge in [-0.2, -0.15) is 0 Å². The van der Waals surface area contributed by atoms with E-state index in [0.29, 0.717) is 0 Å². The van der Waals surface area contributed by atoms with Gasteiger partial charge < -0.3 is 4.74 Å². The van der Waals surface area contributed by atoms with Gasteiger partial charge in [-0.05, 0) is 43.3 Å². The zero-order valence-electron chi connectivity index (χ0n) is 13.4. The number of carbonyl (C=O) groups is 2. The number of hydrazine groups is 1. The van der Waals surface area contributed by atoms with Crippen LogP contribution in [0.15, 0.2) is 42.5 Å². The maximum absolute atomic E-state index is 12.8. The normalized spacial score (nSPS) is 11.3. The fraction of sp³-hybridized carbons (Fsp3) is 0.125. The Morgan fingerprint density at radius 1 is 1.19 bits per heavy atom. The van der Waals surface area contributed by atoms with Crippen LogP contribution in [-0.4, -0.2) is 22.8 Å². The Balaban J connectivity index is 1.97. The second-order valence-corrected chi connectivity index (χ2v) is 5.51. The molecule has 2 rings (SSSR count). The van der Waals surface area contributed by atoms with E-state index in [-0.39, 0.29) is 16.3 Å². The summed E-state index contributed by atoms with van der Waals surface area (Å²) in [4.78, 5) is 34.2. The van der Waals surface area contributed by atoms with E-state index in [9.17, 15) is 24.1 Å². The molecule has 0 fully saturated rings. The Hall–Kier alpha value is -3.20. The summed E-state index contributed by atoms with van der Waals surface area (Å²) in [6.07, 6.45) is -1.01. The largest absolute Gasteiger partial charge is 0.481 e. The summed E-state index contributed by atoms with van der Waals surface area (Å²) in [5.74, 6) is -1.80. The zero-order chi connectivity index (χ0) is 19.3. The third-order valence-electron chi connectivity index (χ3n) is 3.20. The molecule has 10 heteroatoms. The number of halogens is 2. The quantitative estimate of drug-likeness (QED) is 0.611. The van der Waals surface area contributed by atoms with Crippen molar-refractivity contribution >= 4 is 29.1 Å². The molecule has 1 atom stereocenters. The number of ether oxygens (including phenoxy) is 1. The van der Waals surface area contributed by atoms with Crippen molar-refractivity contribution < 1.29 is 23.6 Å². The van der Waals surface area contributed by atoms with Crippen molar-refractivity contribution in [1.29, 1.82) is 0 Å².